The number of hydrogen-bond acceptors (Lipinski definition) is 1. The van der Waals surface area contributed by atoms with Gasteiger partial charge >= 0.3 is 0 Å². The van der Waals surface area contributed by atoms with E-state index in [0.717, 1.165) is 11.0 Å². The predicted molar refractivity (Wildman–Crippen MR) is 45.4 cm³/mol. The Hall–Kier alpha value is -1.38. The van der Waals surface area contributed by atoms with Crippen molar-refractivity contribution in [1.29, 1.82) is 0 Å². The van der Waals surface area contributed by atoms with Gasteiger partial charge in [0.1, 0.15) is 5.82 Å². The minimum atomic E-state index is -0.169. The van der Waals surface area contributed by atoms with Gasteiger partial charge < -0.3 is 4.98 Å². The Labute approximate surface area is 69.4 Å². The fourth-order valence-corrected chi connectivity index (χ4v) is 1.38. The van der Waals surface area contributed by atoms with Gasteiger partial charge in [-0.15, -0.1) is 0 Å². The number of hydrogen-bond donors (Lipinski definition) is 1. The first-order valence-electron chi connectivity index (χ1n) is 3.93. The molecule has 12 heavy (non-hydrogen) atoms. The summed E-state index contributed by atoms with van der Waals surface area (Å²) in [5.74, 6) is -0.169. The van der Waals surface area contributed by atoms with Gasteiger partial charge in [-0.25, -0.2) is 9.37 Å². The standard InChI is InChI=1S/C9H9FN2/c1-2-6-7(10)3-4-8-9(6)12-5-11-8/h3-5H,2H2,1H3,(H,11,12). The molecule has 1 aromatic heterocycles. The number of benzene rings is 1. The summed E-state index contributed by atoms with van der Waals surface area (Å²) in [5, 5.41) is 0. The summed E-state index contributed by atoms with van der Waals surface area (Å²) in [4.78, 5) is 7.00. The number of nitrogens with one attached hydrogen (secondary N) is 1. The second kappa shape index (κ2) is 2.59. The lowest BCUT2D eigenvalue weighted by molar-refractivity contribution is 0.614. The summed E-state index contributed by atoms with van der Waals surface area (Å²) >= 11 is 0. The van der Waals surface area contributed by atoms with Crippen molar-refractivity contribution in [3.63, 3.8) is 0 Å². The average Bonchev–Trinajstić information content (AvgIpc) is 2.52. The van der Waals surface area contributed by atoms with Crippen LogP contribution in [0.3, 0.4) is 0 Å². The lowest BCUT2D eigenvalue weighted by Gasteiger charge is -1.98. The largest absolute Gasteiger partial charge is 0.345 e. The molecule has 0 saturated carbocycles. The maximum atomic E-state index is 13.1. The monoisotopic (exact) mass is 164 g/mol. The summed E-state index contributed by atoms with van der Waals surface area (Å²) in [6, 6.07) is 3.18. The highest BCUT2D eigenvalue weighted by molar-refractivity contribution is 5.78. The van der Waals surface area contributed by atoms with Crippen LogP contribution in [-0.4, -0.2) is 9.97 Å². The first-order valence-corrected chi connectivity index (χ1v) is 3.93. The van der Waals surface area contributed by atoms with E-state index in [1.165, 1.54) is 6.07 Å². The molecule has 2 rings (SSSR count). The van der Waals surface area contributed by atoms with Gasteiger partial charge in [-0.1, -0.05) is 6.92 Å². The van der Waals surface area contributed by atoms with Gasteiger partial charge in [0.05, 0.1) is 17.4 Å². The molecule has 0 fully saturated rings. The van der Waals surface area contributed by atoms with E-state index in [0.29, 0.717) is 12.0 Å². The van der Waals surface area contributed by atoms with Crippen LogP contribution in [0.15, 0.2) is 18.5 Å². The molecule has 1 N–H and O–H groups in total. The molecule has 1 heterocycles. The molecule has 3 heteroatoms. The number of rotatable bonds is 1. The predicted octanol–water partition coefficient (Wildman–Crippen LogP) is 2.26. The Kier molecular flexibility index (Phi) is 1.57. The van der Waals surface area contributed by atoms with Gasteiger partial charge in [0, 0.05) is 5.56 Å². The first-order chi connectivity index (χ1) is 5.83. The molecule has 0 aliphatic heterocycles. The first kappa shape index (κ1) is 7.28. The van der Waals surface area contributed by atoms with Gasteiger partial charge in [-0.2, -0.15) is 0 Å². The molecule has 0 aliphatic carbocycles. The molecular formula is C9H9FN2. The summed E-state index contributed by atoms with van der Waals surface area (Å²) < 4.78 is 13.1. The SMILES string of the molecule is CCc1c(F)ccc2[nH]cnc12. The van der Waals surface area contributed by atoms with Gasteiger partial charge in [0.15, 0.2) is 0 Å². The quantitative estimate of drug-likeness (QED) is 0.688. The third-order valence-electron chi connectivity index (χ3n) is 1.99. The molecule has 0 aliphatic rings. The van der Waals surface area contributed by atoms with E-state index >= 15 is 0 Å². The number of fused-ring (bicyclic) bond motifs is 1. The van der Waals surface area contributed by atoms with Crippen LogP contribution < -0.4 is 0 Å². The number of halogens is 1. The molecule has 0 spiro atoms. The van der Waals surface area contributed by atoms with Crippen LogP contribution in [0.2, 0.25) is 0 Å². The molecule has 62 valence electrons. The van der Waals surface area contributed by atoms with E-state index < -0.39 is 0 Å². The van der Waals surface area contributed by atoms with Crippen LogP contribution in [0, 0.1) is 5.82 Å². The number of aromatic amines is 1. The smallest absolute Gasteiger partial charge is 0.128 e. The fourth-order valence-electron chi connectivity index (χ4n) is 1.38. The third-order valence-corrected chi connectivity index (χ3v) is 1.99. The Morgan fingerprint density at radius 2 is 2.33 bits per heavy atom. The molecule has 1 aromatic carbocycles. The average molecular weight is 164 g/mol. The molecule has 2 aromatic rings. The van der Waals surface area contributed by atoms with E-state index in [1.807, 2.05) is 6.92 Å². The van der Waals surface area contributed by atoms with Crippen LogP contribution in [0.4, 0.5) is 4.39 Å². The van der Waals surface area contributed by atoms with E-state index in [-0.39, 0.29) is 5.82 Å². The highest BCUT2D eigenvalue weighted by atomic mass is 19.1. The number of nitrogens with zero attached hydrogens (tertiary/aromatic N) is 1. The van der Waals surface area contributed by atoms with E-state index in [4.69, 9.17) is 0 Å². The van der Waals surface area contributed by atoms with Crippen molar-refractivity contribution in [1.82, 2.24) is 9.97 Å². The second-order valence-corrected chi connectivity index (χ2v) is 2.68. The lowest BCUT2D eigenvalue weighted by atomic mass is 10.1. The fraction of sp³-hybridized carbons (Fsp3) is 0.222. The molecule has 0 saturated heterocycles. The summed E-state index contributed by atoms with van der Waals surface area (Å²) in [7, 11) is 0. The maximum absolute atomic E-state index is 13.1. The molecule has 2 nitrogen and oxygen atoms in total. The van der Waals surface area contributed by atoms with E-state index in [9.17, 15) is 4.39 Å². The van der Waals surface area contributed by atoms with Gasteiger partial charge in [0.2, 0.25) is 0 Å². The van der Waals surface area contributed by atoms with Crippen molar-refractivity contribution in [2.24, 2.45) is 0 Å². The molecule has 0 radical (unpaired) electrons. The summed E-state index contributed by atoms with van der Waals surface area (Å²) in [6.45, 7) is 1.92. The number of aryl methyl sites for hydroxylation is 1. The van der Waals surface area contributed by atoms with Crippen molar-refractivity contribution in [2.75, 3.05) is 0 Å². The van der Waals surface area contributed by atoms with Crippen LogP contribution in [0.25, 0.3) is 11.0 Å². The Balaban J connectivity index is 2.83. The van der Waals surface area contributed by atoms with Crippen molar-refractivity contribution < 1.29 is 4.39 Å². The zero-order chi connectivity index (χ0) is 8.55. The second-order valence-electron chi connectivity index (χ2n) is 2.68. The molecular weight excluding hydrogens is 155 g/mol. The number of aromatic nitrogens is 2. The minimum Gasteiger partial charge on any atom is -0.345 e. The zero-order valence-corrected chi connectivity index (χ0v) is 6.76. The molecule has 0 unspecified atom stereocenters. The van der Waals surface area contributed by atoms with Crippen molar-refractivity contribution in [3.05, 3.63) is 29.8 Å². The molecule has 0 amide bonds. The Morgan fingerprint density at radius 1 is 1.50 bits per heavy atom. The van der Waals surface area contributed by atoms with Crippen molar-refractivity contribution in [3.8, 4) is 0 Å². The highest BCUT2D eigenvalue weighted by Crippen LogP contribution is 2.18. The minimum absolute atomic E-state index is 0.169. The third kappa shape index (κ3) is 0.897. The lowest BCUT2D eigenvalue weighted by Crippen LogP contribution is -1.88. The van der Waals surface area contributed by atoms with E-state index in [2.05, 4.69) is 9.97 Å². The normalized spacial score (nSPS) is 10.8. The number of H-pyrrole nitrogens is 1. The Bertz CT molecular complexity index is 406. The number of imidazole rings is 1. The summed E-state index contributed by atoms with van der Waals surface area (Å²) in [6.07, 6.45) is 2.26. The maximum Gasteiger partial charge on any atom is 0.128 e. The topological polar surface area (TPSA) is 28.7 Å². The van der Waals surface area contributed by atoms with Crippen LogP contribution in [0.5, 0.6) is 0 Å². The van der Waals surface area contributed by atoms with Crippen molar-refractivity contribution >= 4 is 11.0 Å². The van der Waals surface area contributed by atoms with Crippen LogP contribution >= 0.6 is 0 Å². The Morgan fingerprint density at radius 3 is 3.08 bits per heavy atom. The van der Waals surface area contributed by atoms with E-state index in [1.54, 1.807) is 12.4 Å². The molecule has 0 atom stereocenters. The van der Waals surface area contributed by atoms with Gasteiger partial charge in [0.25, 0.3) is 0 Å². The molecule has 0 bridgehead atoms. The van der Waals surface area contributed by atoms with Crippen LogP contribution in [-0.2, 0) is 6.42 Å². The summed E-state index contributed by atoms with van der Waals surface area (Å²) in [5.41, 5.74) is 2.33. The van der Waals surface area contributed by atoms with Gasteiger partial charge in [-0.3, -0.25) is 0 Å². The zero-order valence-electron chi connectivity index (χ0n) is 6.76. The van der Waals surface area contributed by atoms with Crippen molar-refractivity contribution in [2.45, 2.75) is 13.3 Å². The van der Waals surface area contributed by atoms with Gasteiger partial charge in [-0.05, 0) is 18.6 Å². The van der Waals surface area contributed by atoms with Crippen LogP contribution in [0.1, 0.15) is 12.5 Å². The highest BCUT2D eigenvalue weighted by Gasteiger charge is 2.06.